The smallest absolute Gasteiger partial charge is 0.129 e. The summed E-state index contributed by atoms with van der Waals surface area (Å²) < 4.78 is 5.30. The van der Waals surface area contributed by atoms with Crippen LogP contribution in [0.3, 0.4) is 0 Å². The molecule has 2 rings (SSSR count). The molecule has 2 heterocycles. The molecule has 1 unspecified atom stereocenters. The van der Waals surface area contributed by atoms with E-state index in [0.29, 0.717) is 31.0 Å². The number of ether oxygens (including phenoxy) is 1. The van der Waals surface area contributed by atoms with Crippen molar-refractivity contribution in [2.75, 3.05) is 18.9 Å². The summed E-state index contributed by atoms with van der Waals surface area (Å²) in [6.07, 6.45) is 3.23. The summed E-state index contributed by atoms with van der Waals surface area (Å²) in [6.45, 7) is 2.95. The summed E-state index contributed by atoms with van der Waals surface area (Å²) in [6, 6.07) is 1.89. The average molecular weight is 208 g/mol. The fraction of sp³-hybridized carbons (Fsp3) is 0.545. The van der Waals surface area contributed by atoms with Crippen molar-refractivity contribution in [2.24, 2.45) is 0 Å². The van der Waals surface area contributed by atoms with Crippen LogP contribution in [0.15, 0.2) is 12.3 Å². The van der Waals surface area contributed by atoms with E-state index in [1.807, 2.05) is 13.0 Å². The minimum atomic E-state index is -0.957. The van der Waals surface area contributed by atoms with Gasteiger partial charge in [-0.3, -0.25) is 0 Å². The van der Waals surface area contributed by atoms with Crippen LogP contribution < -0.4 is 5.73 Å². The van der Waals surface area contributed by atoms with Gasteiger partial charge in [0.25, 0.3) is 0 Å². The van der Waals surface area contributed by atoms with Crippen LogP contribution in [0.5, 0.6) is 0 Å². The number of pyridine rings is 1. The Bertz CT molecular complexity index is 360. The van der Waals surface area contributed by atoms with Crippen LogP contribution in [0.4, 0.5) is 5.82 Å². The Labute approximate surface area is 89.1 Å². The summed E-state index contributed by atoms with van der Waals surface area (Å²) >= 11 is 0. The Morgan fingerprint density at radius 1 is 1.60 bits per heavy atom. The third-order valence-corrected chi connectivity index (χ3v) is 2.78. The molecule has 1 aromatic heterocycles. The van der Waals surface area contributed by atoms with E-state index in [4.69, 9.17) is 10.5 Å². The molecule has 1 aliphatic rings. The quantitative estimate of drug-likeness (QED) is 0.721. The Morgan fingerprint density at radius 3 is 3.07 bits per heavy atom. The zero-order chi connectivity index (χ0) is 10.9. The fourth-order valence-corrected chi connectivity index (χ4v) is 1.94. The second-order valence-electron chi connectivity index (χ2n) is 4.13. The van der Waals surface area contributed by atoms with Crippen molar-refractivity contribution in [3.8, 4) is 0 Å². The number of aryl methyl sites for hydroxylation is 1. The highest BCUT2D eigenvalue weighted by Gasteiger charge is 2.34. The number of nitrogens with two attached hydrogens (primary N) is 1. The van der Waals surface area contributed by atoms with Crippen LogP contribution in [0, 0.1) is 6.92 Å². The Balaban J connectivity index is 2.38. The molecule has 3 N–H and O–H groups in total. The molecule has 4 nitrogen and oxygen atoms in total. The van der Waals surface area contributed by atoms with Crippen molar-refractivity contribution in [2.45, 2.75) is 25.4 Å². The Morgan fingerprint density at radius 2 is 2.40 bits per heavy atom. The minimum Gasteiger partial charge on any atom is -0.383 e. The largest absolute Gasteiger partial charge is 0.383 e. The summed E-state index contributed by atoms with van der Waals surface area (Å²) in [4.78, 5) is 4.06. The molecule has 0 saturated carbocycles. The van der Waals surface area contributed by atoms with Crippen LogP contribution in [0.1, 0.15) is 24.0 Å². The molecule has 0 spiro atoms. The third-order valence-electron chi connectivity index (χ3n) is 2.78. The van der Waals surface area contributed by atoms with Gasteiger partial charge < -0.3 is 15.6 Å². The van der Waals surface area contributed by atoms with Crippen molar-refractivity contribution in [1.29, 1.82) is 0 Å². The lowest BCUT2D eigenvalue weighted by molar-refractivity contribution is -0.0899. The number of anilines is 1. The molecule has 1 atom stereocenters. The van der Waals surface area contributed by atoms with Gasteiger partial charge in [-0.1, -0.05) is 0 Å². The normalized spacial score (nSPS) is 26.5. The van der Waals surface area contributed by atoms with Crippen LogP contribution in [-0.4, -0.2) is 23.3 Å². The van der Waals surface area contributed by atoms with E-state index in [1.165, 1.54) is 0 Å². The van der Waals surface area contributed by atoms with Gasteiger partial charge in [-0.25, -0.2) is 4.98 Å². The van der Waals surface area contributed by atoms with Crippen molar-refractivity contribution in [3.63, 3.8) is 0 Å². The number of nitrogens with zero attached hydrogens (tertiary/aromatic N) is 1. The van der Waals surface area contributed by atoms with Crippen molar-refractivity contribution in [3.05, 3.63) is 23.4 Å². The van der Waals surface area contributed by atoms with Crippen LogP contribution >= 0.6 is 0 Å². The zero-order valence-corrected chi connectivity index (χ0v) is 8.86. The van der Waals surface area contributed by atoms with Gasteiger partial charge in [0.15, 0.2) is 0 Å². The SMILES string of the molecule is Cc1cnc(N)c(C2(O)CCCOC2)c1. The van der Waals surface area contributed by atoms with E-state index in [2.05, 4.69) is 4.98 Å². The van der Waals surface area contributed by atoms with Gasteiger partial charge in [-0.05, 0) is 31.4 Å². The first kappa shape index (κ1) is 10.4. The van der Waals surface area contributed by atoms with E-state index in [-0.39, 0.29) is 0 Å². The molecule has 82 valence electrons. The number of nitrogen functional groups attached to an aromatic ring is 1. The topological polar surface area (TPSA) is 68.4 Å². The predicted octanol–water partition coefficient (Wildman–Crippen LogP) is 0.970. The molecular weight excluding hydrogens is 192 g/mol. The lowest BCUT2D eigenvalue weighted by Gasteiger charge is -2.32. The molecule has 0 amide bonds. The Kier molecular flexibility index (Phi) is 2.63. The van der Waals surface area contributed by atoms with Gasteiger partial charge in [0.05, 0.1) is 6.61 Å². The highest BCUT2D eigenvalue weighted by Crippen LogP contribution is 2.33. The first-order valence-electron chi connectivity index (χ1n) is 5.14. The highest BCUT2D eigenvalue weighted by molar-refractivity contribution is 5.45. The molecular formula is C11H16N2O2. The maximum atomic E-state index is 10.4. The fourth-order valence-electron chi connectivity index (χ4n) is 1.94. The van der Waals surface area contributed by atoms with E-state index in [1.54, 1.807) is 6.20 Å². The number of aromatic nitrogens is 1. The molecule has 1 aliphatic heterocycles. The van der Waals surface area contributed by atoms with Gasteiger partial charge in [0, 0.05) is 18.4 Å². The number of rotatable bonds is 1. The van der Waals surface area contributed by atoms with Gasteiger partial charge in [0.1, 0.15) is 11.4 Å². The summed E-state index contributed by atoms with van der Waals surface area (Å²) in [5.74, 6) is 0.397. The first-order valence-corrected chi connectivity index (χ1v) is 5.14. The van der Waals surface area contributed by atoms with Crippen molar-refractivity contribution in [1.82, 2.24) is 4.98 Å². The molecule has 1 saturated heterocycles. The number of hydrogen-bond acceptors (Lipinski definition) is 4. The zero-order valence-electron chi connectivity index (χ0n) is 8.86. The lowest BCUT2D eigenvalue weighted by atomic mass is 9.88. The van der Waals surface area contributed by atoms with Crippen LogP contribution in [-0.2, 0) is 10.3 Å². The maximum Gasteiger partial charge on any atom is 0.129 e. The second kappa shape index (κ2) is 3.79. The minimum absolute atomic E-state index is 0.308. The number of hydrogen-bond donors (Lipinski definition) is 2. The highest BCUT2D eigenvalue weighted by atomic mass is 16.5. The lowest BCUT2D eigenvalue weighted by Crippen LogP contribution is -2.36. The first-order chi connectivity index (χ1) is 7.12. The molecule has 0 aromatic carbocycles. The third kappa shape index (κ3) is 1.96. The molecule has 0 bridgehead atoms. The molecule has 1 fully saturated rings. The second-order valence-corrected chi connectivity index (χ2v) is 4.13. The van der Waals surface area contributed by atoms with Crippen molar-refractivity contribution < 1.29 is 9.84 Å². The summed E-state index contributed by atoms with van der Waals surface area (Å²) in [7, 11) is 0. The van der Waals surface area contributed by atoms with Crippen molar-refractivity contribution >= 4 is 5.82 Å². The van der Waals surface area contributed by atoms with Crippen LogP contribution in [0.2, 0.25) is 0 Å². The van der Waals surface area contributed by atoms with Gasteiger partial charge in [-0.15, -0.1) is 0 Å². The molecule has 0 radical (unpaired) electrons. The predicted molar refractivity (Wildman–Crippen MR) is 57.3 cm³/mol. The summed E-state index contributed by atoms with van der Waals surface area (Å²) in [5, 5.41) is 10.4. The van der Waals surface area contributed by atoms with Gasteiger partial charge >= 0.3 is 0 Å². The molecule has 0 aliphatic carbocycles. The van der Waals surface area contributed by atoms with Gasteiger partial charge in [0.2, 0.25) is 0 Å². The van der Waals surface area contributed by atoms with Gasteiger partial charge in [-0.2, -0.15) is 0 Å². The Hall–Kier alpha value is -1.13. The van der Waals surface area contributed by atoms with E-state index < -0.39 is 5.60 Å². The summed E-state index contributed by atoms with van der Waals surface area (Å²) in [5.41, 5.74) is 6.52. The standard InChI is InChI=1S/C11H16N2O2/c1-8-5-9(10(12)13-6-8)11(14)3-2-4-15-7-11/h5-6,14H,2-4,7H2,1H3,(H2,12,13). The number of aliphatic hydroxyl groups is 1. The molecule has 15 heavy (non-hydrogen) atoms. The maximum absolute atomic E-state index is 10.4. The monoisotopic (exact) mass is 208 g/mol. The van der Waals surface area contributed by atoms with E-state index in [9.17, 15) is 5.11 Å². The van der Waals surface area contributed by atoms with Crippen LogP contribution in [0.25, 0.3) is 0 Å². The van der Waals surface area contributed by atoms with E-state index in [0.717, 1.165) is 12.0 Å². The molecule has 1 aromatic rings. The average Bonchev–Trinajstić information content (AvgIpc) is 2.23. The molecule has 4 heteroatoms. The van der Waals surface area contributed by atoms with E-state index >= 15 is 0 Å².